The van der Waals surface area contributed by atoms with E-state index in [0.29, 0.717) is 11.1 Å². The van der Waals surface area contributed by atoms with E-state index in [4.69, 9.17) is 4.74 Å². The van der Waals surface area contributed by atoms with Crippen molar-refractivity contribution in [2.45, 2.75) is 36.3 Å². The van der Waals surface area contributed by atoms with Crippen molar-refractivity contribution in [2.75, 3.05) is 38.2 Å². The number of nitrogens with one attached hydrogen (secondary N) is 1. The Hall–Kier alpha value is -1.63. The molecule has 2 saturated heterocycles. The number of carbonyl (C=O) groups is 1. The lowest BCUT2D eigenvalue weighted by Gasteiger charge is -2.35. The Kier molecular flexibility index (Phi) is 8.22. The van der Waals surface area contributed by atoms with Gasteiger partial charge in [-0.15, -0.1) is 23.5 Å². The highest BCUT2D eigenvalue weighted by Crippen LogP contribution is 2.43. The van der Waals surface area contributed by atoms with Gasteiger partial charge in [-0.2, -0.15) is 0 Å². The standard InChI is InChI=1S/C25H32N2O2S2/c1-29-22-12-10-19(11-13-22)23(27-14-3-2-4-15-27)18-26-24(28)20-6-8-21(9-7-20)25-30-16-5-17-31-25/h6-13,23,25H,2-5,14-18H2,1H3,(H,26,28)/t23-/m1/s1. The number of carbonyl (C=O) groups excluding carboxylic acids is 1. The van der Waals surface area contributed by atoms with Gasteiger partial charge in [-0.1, -0.05) is 30.7 Å². The summed E-state index contributed by atoms with van der Waals surface area (Å²) in [6.45, 7) is 2.78. The van der Waals surface area contributed by atoms with Gasteiger partial charge in [0, 0.05) is 12.1 Å². The van der Waals surface area contributed by atoms with Gasteiger partial charge >= 0.3 is 0 Å². The second kappa shape index (κ2) is 11.3. The maximum Gasteiger partial charge on any atom is 0.251 e. The van der Waals surface area contributed by atoms with Gasteiger partial charge in [0.2, 0.25) is 0 Å². The number of thioether (sulfide) groups is 2. The van der Waals surface area contributed by atoms with Gasteiger partial charge in [0.15, 0.2) is 0 Å². The molecule has 4 rings (SSSR count). The minimum absolute atomic E-state index is 0.00558. The van der Waals surface area contributed by atoms with Gasteiger partial charge in [0.1, 0.15) is 5.75 Å². The van der Waals surface area contributed by atoms with Gasteiger partial charge in [0.25, 0.3) is 5.91 Å². The molecule has 0 unspecified atom stereocenters. The Morgan fingerprint density at radius 3 is 2.32 bits per heavy atom. The molecule has 0 bridgehead atoms. The fourth-order valence-corrected chi connectivity index (χ4v) is 7.17. The molecule has 2 heterocycles. The summed E-state index contributed by atoms with van der Waals surface area (Å²) in [5, 5.41) is 3.20. The number of hydrogen-bond donors (Lipinski definition) is 1. The number of hydrogen-bond acceptors (Lipinski definition) is 5. The second-order valence-electron chi connectivity index (χ2n) is 8.14. The number of methoxy groups -OCH3 is 1. The molecule has 0 radical (unpaired) electrons. The van der Waals surface area contributed by atoms with Crippen LogP contribution in [0.5, 0.6) is 5.75 Å². The smallest absolute Gasteiger partial charge is 0.251 e. The predicted octanol–water partition coefficient (Wildman–Crippen LogP) is 5.52. The summed E-state index contributed by atoms with van der Waals surface area (Å²) in [5.41, 5.74) is 3.28. The molecule has 0 aliphatic carbocycles. The van der Waals surface area contributed by atoms with Crippen LogP contribution in [0.3, 0.4) is 0 Å². The Labute approximate surface area is 194 Å². The lowest BCUT2D eigenvalue weighted by Crippen LogP contribution is -2.40. The van der Waals surface area contributed by atoms with E-state index in [9.17, 15) is 4.79 Å². The summed E-state index contributed by atoms with van der Waals surface area (Å²) in [5.74, 6) is 3.32. The van der Waals surface area contributed by atoms with Crippen LogP contribution in [-0.2, 0) is 0 Å². The van der Waals surface area contributed by atoms with Gasteiger partial charge in [0.05, 0.1) is 17.7 Å². The molecule has 2 aliphatic heterocycles. The molecule has 31 heavy (non-hydrogen) atoms. The zero-order chi connectivity index (χ0) is 21.5. The first-order chi connectivity index (χ1) is 15.2. The van der Waals surface area contributed by atoms with Crippen molar-refractivity contribution < 1.29 is 9.53 Å². The second-order valence-corrected chi connectivity index (χ2v) is 10.9. The molecule has 1 amide bonds. The monoisotopic (exact) mass is 456 g/mol. The average Bonchev–Trinajstić information content (AvgIpc) is 2.86. The average molecular weight is 457 g/mol. The highest BCUT2D eigenvalue weighted by molar-refractivity contribution is 8.16. The molecular weight excluding hydrogens is 424 g/mol. The normalized spacial score (nSPS) is 19.0. The fourth-order valence-electron chi connectivity index (χ4n) is 4.28. The molecule has 0 aromatic heterocycles. The zero-order valence-electron chi connectivity index (χ0n) is 18.2. The first-order valence-electron chi connectivity index (χ1n) is 11.2. The van der Waals surface area contributed by atoms with Crippen LogP contribution in [0.15, 0.2) is 48.5 Å². The minimum Gasteiger partial charge on any atom is -0.497 e. The van der Waals surface area contributed by atoms with Gasteiger partial charge < -0.3 is 10.1 Å². The quantitative estimate of drug-likeness (QED) is 0.594. The van der Waals surface area contributed by atoms with Crippen LogP contribution >= 0.6 is 23.5 Å². The van der Waals surface area contributed by atoms with Crippen molar-refractivity contribution >= 4 is 29.4 Å². The van der Waals surface area contributed by atoms with E-state index in [-0.39, 0.29) is 11.9 Å². The lowest BCUT2D eigenvalue weighted by molar-refractivity contribution is 0.0924. The number of amides is 1. The third-order valence-corrected chi connectivity index (χ3v) is 9.08. The van der Waals surface area contributed by atoms with Crippen molar-refractivity contribution in [1.82, 2.24) is 10.2 Å². The van der Waals surface area contributed by atoms with E-state index in [1.54, 1.807) is 7.11 Å². The fraction of sp³-hybridized carbons (Fsp3) is 0.480. The summed E-state index contributed by atoms with van der Waals surface area (Å²) >= 11 is 4.02. The summed E-state index contributed by atoms with van der Waals surface area (Å²) in [6.07, 6.45) is 5.03. The van der Waals surface area contributed by atoms with Gasteiger partial charge in [-0.25, -0.2) is 0 Å². The van der Waals surface area contributed by atoms with Crippen molar-refractivity contribution in [1.29, 1.82) is 0 Å². The molecular formula is C25H32N2O2S2. The van der Waals surface area contributed by atoms with Crippen molar-refractivity contribution in [2.24, 2.45) is 0 Å². The Balaban J connectivity index is 1.41. The number of piperidine rings is 1. The first kappa shape index (κ1) is 22.6. The van der Waals surface area contributed by atoms with E-state index in [1.165, 1.54) is 48.3 Å². The summed E-state index contributed by atoms with van der Waals surface area (Å²) in [7, 11) is 1.69. The van der Waals surface area contributed by atoms with E-state index >= 15 is 0 Å². The third-order valence-electron chi connectivity index (χ3n) is 6.06. The molecule has 4 nitrogen and oxygen atoms in total. The molecule has 2 aromatic carbocycles. The molecule has 1 N–H and O–H groups in total. The molecule has 2 fully saturated rings. The van der Waals surface area contributed by atoms with Crippen molar-refractivity contribution in [3.8, 4) is 5.75 Å². The van der Waals surface area contributed by atoms with Crippen LogP contribution in [0.2, 0.25) is 0 Å². The van der Waals surface area contributed by atoms with Crippen LogP contribution in [0.25, 0.3) is 0 Å². The molecule has 1 atom stereocenters. The summed E-state index contributed by atoms with van der Waals surface area (Å²) in [4.78, 5) is 15.4. The molecule has 2 aromatic rings. The Morgan fingerprint density at radius 1 is 1.00 bits per heavy atom. The molecule has 0 saturated carbocycles. The van der Waals surface area contributed by atoms with E-state index in [1.807, 2.05) is 47.8 Å². The molecule has 6 heteroatoms. The minimum atomic E-state index is 0.00558. The Morgan fingerprint density at radius 2 is 1.68 bits per heavy atom. The van der Waals surface area contributed by atoms with Gasteiger partial charge in [-0.05, 0) is 79.3 Å². The number of ether oxygens (including phenoxy) is 1. The first-order valence-corrected chi connectivity index (χ1v) is 13.3. The molecule has 2 aliphatic rings. The lowest BCUT2D eigenvalue weighted by atomic mass is 10.0. The highest BCUT2D eigenvalue weighted by atomic mass is 32.2. The van der Waals surface area contributed by atoms with Crippen LogP contribution < -0.4 is 10.1 Å². The van der Waals surface area contributed by atoms with Crippen molar-refractivity contribution in [3.63, 3.8) is 0 Å². The zero-order valence-corrected chi connectivity index (χ0v) is 19.9. The maximum atomic E-state index is 12.9. The van der Waals surface area contributed by atoms with E-state index < -0.39 is 0 Å². The van der Waals surface area contributed by atoms with Crippen LogP contribution in [0.4, 0.5) is 0 Å². The maximum absolute atomic E-state index is 12.9. The summed E-state index contributed by atoms with van der Waals surface area (Å²) < 4.78 is 5.82. The van der Waals surface area contributed by atoms with Crippen molar-refractivity contribution in [3.05, 3.63) is 65.2 Å². The van der Waals surface area contributed by atoms with Crippen LogP contribution in [0, 0.1) is 0 Å². The largest absolute Gasteiger partial charge is 0.497 e. The SMILES string of the molecule is COc1ccc([C@@H](CNC(=O)c2ccc(C3SCCCS3)cc2)N2CCCCC2)cc1. The number of nitrogens with zero attached hydrogens (tertiary/aromatic N) is 1. The Bertz CT molecular complexity index is 830. The van der Waals surface area contributed by atoms with Crippen LogP contribution in [-0.4, -0.2) is 49.1 Å². The number of benzene rings is 2. The highest BCUT2D eigenvalue weighted by Gasteiger charge is 2.23. The van der Waals surface area contributed by atoms with E-state index in [2.05, 4.69) is 34.5 Å². The van der Waals surface area contributed by atoms with Gasteiger partial charge in [-0.3, -0.25) is 9.69 Å². The third kappa shape index (κ3) is 5.99. The topological polar surface area (TPSA) is 41.6 Å². The predicted molar refractivity (Wildman–Crippen MR) is 132 cm³/mol. The number of rotatable bonds is 7. The summed E-state index contributed by atoms with van der Waals surface area (Å²) in [6, 6.07) is 16.6. The van der Waals surface area contributed by atoms with E-state index in [0.717, 1.165) is 24.4 Å². The molecule has 166 valence electrons. The molecule has 0 spiro atoms. The number of likely N-dealkylation sites (tertiary alicyclic amines) is 1. The van der Waals surface area contributed by atoms with Crippen LogP contribution in [0.1, 0.15) is 57.8 Å².